The van der Waals surface area contributed by atoms with E-state index in [0.29, 0.717) is 25.7 Å². The quantitative estimate of drug-likeness (QED) is 0.873. The molecule has 2 N–H and O–H groups in total. The lowest BCUT2D eigenvalue weighted by Gasteiger charge is -2.33. The van der Waals surface area contributed by atoms with Crippen LogP contribution >= 0.6 is 11.3 Å². The molecule has 0 spiro atoms. The maximum atomic E-state index is 12.1. The molecule has 0 saturated carbocycles. The molecule has 0 radical (unpaired) electrons. The molecular weight excluding hydrogens is 338 g/mol. The number of likely N-dealkylation sites (tertiary alicyclic amines) is 1. The monoisotopic (exact) mass is 363 g/mol. The van der Waals surface area contributed by atoms with Crippen LogP contribution in [0.2, 0.25) is 0 Å². The Kier molecular flexibility index (Phi) is 5.15. The van der Waals surface area contributed by atoms with Gasteiger partial charge >= 0.3 is 6.09 Å². The second-order valence-corrected chi connectivity index (χ2v) is 8.50. The Morgan fingerprint density at radius 1 is 1.40 bits per heavy atom. The minimum absolute atomic E-state index is 0.225. The molecule has 1 saturated heterocycles. The normalized spacial score (nSPS) is 16.4. The summed E-state index contributed by atoms with van der Waals surface area (Å²) in [5.41, 5.74) is 0.465. The Morgan fingerprint density at radius 2 is 2.12 bits per heavy atom. The van der Waals surface area contributed by atoms with E-state index in [1.54, 1.807) is 28.4 Å². The molecule has 1 aromatic carbocycles. The highest BCUT2D eigenvalue weighted by atomic mass is 32.1. The molecule has 0 aliphatic carbocycles. The van der Waals surface area contributed by atoms with E-state index < -0.39 is 5.60 Å². The standard InChI is InChI=1S/C18H25N3O3S/c1-18(2,3)24-17(23)21-8-6-12(7-9-21)19-11-16-20-14-5-4-13(22)10-15(14)25-16/h4-5,10,12,19,22H,6-9,11H2,1-3H3. The Hall–Kier alpha value is -1.86. The molecule has 0 atom stereocenters. The number of ether oxygens (including phenoxy) is 1. The van der Waals surface area contributed by atoms with Crippen molar-refractivity contribution in [3.8, 4) is 5.75 Å². The number of carbonyl (C=O) groups excluding carboxylic acids is 1. The highest BCUT2D eigenvalue weighted by Crippen LogP contribution is 2.26. The first kappa shape index (κ1) is 17.9. The van der Waals surface area contributed by atoms with E-state index in [9.17, 15) is 9.90 Å². The number of amides is 1. The zero-order valence-corrected chi connectivity index (χ0v) is 15.7. The number of phenols is 1. The number of benzene rings is 1. The van der Waals surface area contributed by atoms with Gasteiger partial charge in [0.25, 0.3) is 0 Å². The van der Waals surface area contributed by atoms with Crippen LogP contribution in [0.25, 0.3) is 10.2 Å². The first-order valence-electron chi connectivity index (χ1n) is 8.60. The van der Waals surface area contributed by atoms with Gasteiger partial charge in [-0.15, -0.1) is 11.3 Å². The summed E-state index contributed by atoms with van der Waals surface area (Å²) >= 11 is 1.59. The summed E-state index contributed by atoms with van der Waals surface area (Å²) in [6.07, 6.45) is 1.59. The smallest absolute Gasteiger partial charge is 0.410 e. The fourth-order valence-corrected chi connectivity index (χ4v) is 3.81. The van der Waals surface area contributed by atoms with Crippen molar-refractivity contribution >= 4 is 27.6 Å². The molecule has 136 valence electrons. The molecule has 3 rings (SSSR count). The molecule has 0 unspecified atom stereocenters. The van der Waals surface area contributed by atoms with Crippen molar-refractivity contribution in [3.63, 3.8) is 0 Å². The summed E-state index contributed by atoms with van der Waals surface area (Å²) < 4.78 is 6.42. The molecule has 1 aromatic heterocycles. The van der Waals surface area contributed by atoms with Crippen molar-refractivity contribution in [2.75, 3.05) is 13.1 Å². The van der Waals surface area contributed by atoms with E-state index >= 15 is 0 Å². The summed E-state index contributed by atoms with van der Waals surface area (Å²) in [7, 11) is 0. The Bertz CT molecular complexity index is 746. The van der Waals surface area contributed by atoms with Crippen LogP contribution in [-0.2, 0) is 11.3 Å². The lowest BCUT2D eigenvalue weighted by Crippen LogP contribution is -2.46. The summed E-state index contributed by atoms with van der Waals surface area (Å²) in [4.78, 5) is 18.4. The van der Waals surface area contributed by atoms with E-state index in [1.807, 2.05) is 26.8 Å². The van der Waals surface area contributed by atoms with Gasteiger partial charge in [0.2, 0.25) is 0 Å². The van der Waals surface area contributed by atoms with Gasteiger partial charge in [-0.2, -0.15) is 0 Å². The number of hydrogen-bond donors (Lipinski definition) is 2. The second kappa shape index (κ2) is 7.17. The molecule has 25 heavy (non-hydrogen) atoms. The Morgan fingerprint density at radius 3 is 2.80 bits per heavy atom. The number of thiazole rings is 1. The van der Waals surface area contributed by atoms with Crippen LogP contribution in [-0.4, -0.2) is 45.8 Å². The van der Waals surface area contributed by atoms with E-state index in [0.717, 1.165) is 28.1 Å². The number of aromatic hydroxyl groups is 1. The number of nitrogens with zero attached hydrogens (tertiary/aromatic N) is 2. The van der Waals surface area contributed by atoms with Gasteiger partial charge in [-0.05, 0) is 51.8 Å². The fraction of sp³-hybridized carbons (Fsp3) is 0.556. The SMILES string of the molecule is CC(C)(C)OC(=O)N1CCC(NCc2nc3ccc(O)cc3s2)CC1. The average Bonchev–Trinajstić information content (AvgIpc) is 2.93. The highest BCUT2D eigenvalue weighted by Gasteiger charge is 2.26. The van der Waals surface area contributed by atoms with Crippen molar-refractivity contribution in [2.45, 2.75) is 51.8 Å². The van der Waals surface area contributed by atoms with Crippen LogP contribution in [0.1, 0.15) is 38.6 Å². The highest BCUT2D eigenvalue weighted by molar-refractivity contribution is 7.18. The van der Waals surface area contributed by atoms with Gasteiger partial charge in [-0.3, -0.25) is 0 Å². The Labute approximate surface area is 151 Å². The lowest BCUT2D eigenvalue weighted by atomic mass is 10.1. The van der Waals surface area contributed by atoms with Crippen LogP contribution in [0.4, 0.5) is 4.79 Å². The van der Waals surface area contributed by atoms with Crippen molar-refractivity contribution in [1.29, 1.82) is 0 Å². The molecule has 2 heterocycles. The van der Waals surface area contributed by atoms with E-state index in [-0.39, 0.29) is 11.8 Å². The van der Waals surface area contributed by atoms with Crippen LogP contribution in [0.5, 0.6) is 5.75 Å². The fourth-order valence-electron chi connectivity index (χ4n) is 2.86. The molecule has 1 aliphatic heterocycles. The van der Waals surface area contributed by atoms with Crippen molar-refractivity contribution in [3.05, 3.63) is 23.2 Å². The molecule has 7 heteroatoms. The molecular formula is C18H25N3O3S. The third-order valence-corrected chi connectivity index (χ3v) is 5.12. The first-order chi connectivity index (χ1) is 11.8. The first-order valence-corrected chi connectivity index (χ1v) is 9.41. The maximum Gasteiger partial charge on any atom is 0.410 e. The predicted octanol–water partition coefficient (Wildman–Crippen LogP) is 3.49. The summed E-state index contributed by atoms with van der Waals surface area (Å²) in [5, 5.41) is 14.1. The zero-order chi connectivity index (χ0) is 18.0. The van der Waals surface area contributed by atoms with E-state index in [1.165, 1.54) is 0 Å². The molecule has 1 aliphatic rings. The Balaban J connectivity index is 1.48. The largest absolute Gasteiger partial charge is 0.508 e. The second-order valence-electron chi connectivity index (χ2n) is 7.38. The van der Waals surface area contributed by atoms with Crippen LogP contribution < -0.4 is 5.32 Å². The summed E-state index contributed by atoms with van der Waals surface area (Å²) in [5.74, 6) is 0.269. The van der Waals surface area contributed by atoms with Gasteiger partial charge in [0.1, 0.15) is 16.4 Å². The average molecular weight is 363 g/mol. The summed E-state index contributed by atoms with van der Waals surface area (Å²) in [6, 6.07) is 5.62. The number of hydrogen-bond acceptors (Lipinski definition) is 6. The summed E-state index contributed by atoms with van der Waals surface area (Å²) in [6.45, 7) is 7.78. The third-order valence-electron chi connectivity index (χ3n) is 4.10. The number of nitrogens with one attached hydrogen (secondary N) is 1. The molecule has 0 bridgehead atoms. The molecule has 1 fully saturated rings. The lowest BCUT2D eigenvalue weighted by molar-refractivity contribution is 0.0198. The van der Waals surface area contributed by atoms with Crippen LogP contribution in [0, 0.1) is 0 Å². The number of fused-ring (bicyclic) bond motifs is 1. The van der Waals surface area contributed by atoms with Gasteiger partial charge in [-0.1, -0.05) is 0 Å². The third kappa shape index (κ3) is 4.83. The van der Waals surface area contributed by atoms with E-state index in [2.05, 4.69) is 10.3 Å². The topological polar surface area (TPSA) is 74.7 Å². The van der Waals surface area contributed by atoms with Gasteiger partial charge in [0, 0.05) is 25.7 Å². The number of rotatable bonds is 3. The number of carbonyl (C=O) groups is 1. The zero-order valence-electron chi connectivity index (χ0n) is 14.9. The van der Waals surface area contributed by atoms with Crippen molar-refractivity contribution < 1.29 is 14.6 Å². The minimum atomic E-state index is -0.451. The van der Waals surface area contributed by atoms with Crippen LogP contribution in [0.3, 0.4) is 0 Å². The maximum absolute atomic E-state index is 12.1. The number of aromatic nitrogens is 1. The van der Waals surface area contributed by atoms with Crippen molar-refractivity contribution in [2.24, 2.45) is 0 Å². The van der Waals surface area contributed by atoms with Gasteiger partial charge in [0.15, 0.2) is 0 Å². The molecule has 2 aromatic rings. The van der Waals surface area contributed by atoms with Gasteiger partial charge in [0.05, 0.1) is 10.2 Å². The molecule has 1 amide bonds. The van der Waals surface area contributed by atoms with Gasteiger partial charge < -0.3 is 20.1 Å². The van der Waals surface area contributed by atoms with Gasteiger partial charge in [-0.25, -0.2) is 9.78 Å². The minimum Gasteiger partial charge on any atom is -0.508 e. The molecule has 6 nitrogen and oxygen atoms in total. The van der Waals surface area contributed by atoms with Crippen molar-refractivity contribution in [1.82, 2.24) is 15.2 Å². The predicted molar refractivity (Wildman–Crippen MR) is 99.0 cm³/mol. The number of phenolic OH excluding ortho intramolecular Hbond substituents is 1. The number of piperidine rings is 1. The van der Waals surface area contributed by atoms with Crippen LogP contribution in [0.15, 0.2) is 18.2 Å². The van der Waals surface area contributed by atoms with E-state index in [4.69, 9.17) is 4.74 Å².